The molecule has 0 spiro atoms. The van der Waals surface area contributed by atoms with Crippen LogP contribution in [0, 0.1) is 6.92 Å². The van der Waals surface area contributed by atoms with Crippen LogP contribution in [0.4, 0.5) is 4.79 Å². The second-order valence-electron chi connectivity index (χ2n) is 4.97. The number of aryl methyl sites for hydroxylation is 1. The van der Waals surface area contributed by atoms with Crippen LogP contribution >= 0.6 is 11.3 Å². The fourth-order valence-corrected chi connectivity index (χ4v) is 2.46. The Bertz CT molecular complexity index is 578. The minimum atomic E-state index is -1.23. The Hall–Kier alpha value is -1.86. The quantitative estimate of drug-likeness (QED) is 0.759. The zero-order valence-electron chi connectivity index (χ0n) is 12.0. The van der Waals surface area contributed by atoms with Crippen LogP contribution in [0.1, 0.15) is 23.4 Å². The Balaban J connectivity index is 1.70. The Labute approximate surface area is 127 Å². The third-order valence-corrected chi connectivity index (χ3v) is 3.80. The highest BCUT2D eigenvalue weighted by molar-refractivity contribution is 7.09. The van der Waals surface area contributed by atoms with Crippen LogP contribution in [0.5, 0.6) is 0 Å². The molecule has 0 bridgehead atoms. The van der Waals surface area contributed by atoms with Gasteiger partial charge in [-0.25, -0.2) is 9.78 Å². The first-order chi connectivity index (χ1) is 9.97. The van der Waals surface area contributed by atoms with Gasteiger partial charge >= 0.3 is 6.03 Å². The van der Waals surface area contributed by atoms with Crippen LogP contribution in [0.15, 0.2) is 28.2 Å². The molecule has 0 saturated heterocycles. The van der Waals surface area contributed by atoms with E-state index in [0.717, 1.165) is 10.7 Å². The lowest BCUT2D eigenvalue weighted by atomic mass is 10.0. The number of carbonyl (C=O) groups is 1. The molecule has 2 aromatic rings. The smallest absolute Gasteiger partial charge is 0.314 e. The van der Waals surface area contributed by atoms with Gasteiger partial charge in [0.05, 0.1) is 23.5 Å². The molecule has 1 atom stereocenters. The van der Waals surface area contributed by atoms with Crippen molar-refractivity contribution in [3.63, 3.8) is 0 Å². The van der Waals surface area contributed by atoms with Gasteiger partial charge in [-0.1, -0.05) is 0 Å². The second-order valence-corrected chi connectivity index (χ2v) is 6.03. The fourth-order valence-electron chi connectivity index (χ4n) is 1.81. The maximum Gasteiger partial charge on any atom is 0.314 e. The third kappa shape index (κ3) is 4.57. The highest BCUT2D eigenvalue weighted by atomic mass is 32.1. The molecule has 114 valence electrons. The van der Waals surface area contributed by atoms with Crippen molar-refractivity contribution in [2.75, 3.05) is 13.1 Å². The van der Waals surface area contributed by atoms with Gasteiger partial charge in [-0.2, -0.15) is 0 Å². The maximum absolute atomic E-state index is 11.7. The number of aliphatic hydroxyl groups is 1. The van der Waals surface area contributed by atoms with E-state index in [4.69, 9.17) is 4.42 Å². The lowest BCUT2D eigenvalue weighted by Gasteiger charge is -2.21. The highest BCUT2D eigenvalue weighted by Crippen LogP contribution is 2.19. The summed E-state index contributed by atoms with van der Waals surface area (Å²) in [6.07, 6.45) is 2.17. The van der Waals surface area contributed by atoms with Crippen LogP contribution in [-0.2, 0) is 12.0 Å². The van der Waals surface area contributed by atoms with Gasteiger partial charge in [-0.05, 0) is 26.0 Å². The number of hydrogen-bond acceptors (Lipinski definition) is 5. The van der Waals surface area contributed by atoms with Crippen molar-refractivity contribution in [3.05, 3.63) is 40.2 Å². The molecule has 3 N–H and O–H groups in total. The van der Waals surface area contributed by atoms with E-state index < -0.39 is 5.60 Å². The Kier molecular flexibility index (Phi) is 4.98. The van der Waals surface area contributed by atoms with Crippen LogP contribution in [0.25, 0.3) is 0 Å². The molecule has 0 aliphatic heterocycles. The molecule has 2 amide bonds. The number of rotatable bonds is 6. The van der Waals surface area contributed by atoms with Crippen molar-refractivity contribution in [1.82, 2.24) is 15.6 Å². The average Bonchev–Trinajstić information content (AvgIpc) is 3.08. The van der Waals surface area contributed by atoms with Gasteiger partial charge in [0.2, 0.25) is 0 Å². The molecular formula is C14H19N3O3S. The van der Waals surface area contributed by atoms with Crippen molar-refractivity contribution < 1.29 is 14.3 Å². The lowest BCUT2D eigenvalue weighted by Crippen LogP contribution is -2.43. The maximum atomic E-state index is 11.7. The minimum Gasteiger partial charge on any atom is -0.466 e. The topological polar surface area (TPSA) is 87.4 Å². The fraction of sp³-hybridized carbons (Fsp3) is 0.429. The van der Waals surface area contributed by atoms with Gasteiger partial charge in [0.15, 0.2) is 0 Å². The van der Waals surface area contributed by atoms with Gasteiger partial charge in [-0.15, -0.1) is 11.3 Å². The first-order valence-electron chi connectivity index (χ1n) is 6.66. The second kappa shape index (κ2) is 6.73. The van der Waals surface area contributed by atoms with E-state index in [1.807, 2.05) is 12.3 Å². The number of hydrogen-bond donors (Lipinski definition) is 3. The van der Waals surface area contributed by atoms with E-state index in [-0.39, 0.29) is 12.6 Å². The number of nitrogens with one attached hydrogen (secondary N) is 2. The molecule has 7 heteroatoms. The number of urea groups is 1. The summed E-state index contributed by atoms with van der Waals surface area (Å²) in [6, 6.07) is 3.04. The first kappa shape index (κ1) is 15.5. The Morgan fingerprint density at radius 3 is 2.95 bits per heavy atom. The molecular weight excluding hydrogens is 290 g/mol. The van der Waals surface area contributed by atoms with E-state index in [2.05, 4.69) is 15.6 Å². The summed E-state index contributed by atoms with van der Waals surface area (Å²) >= 11 is 1.59. The van der Waals surface area contributed by atoms with E-state index >= 15 is 0 Å². The summed E-state index contributed by atoms with van der Waals surface area (Å²) in [6.45, 7) is 4.11. The van der Waals surface area contributed by atoms with Crippen molar-refractivity contribution >= 4 is 17.4 Å². The minimum absolute atomic E-state index is 0.0716. The highest BCUT2D eigenvalue weighted by Gasteiger charge is 2.26. The molecule has 0 fully saturated rings. The largest absolute Gasteiger partial charge is 0.466 e. The SMILES string of the molecule is Cc1nc(CCNC(=O)NCC(C)(O)c2ccco2)cs1. The molecule has 0 saturated carbocycles. The van der Waals surface area contributed by atoms with Gasteiger partial charge in [0.1, 0.15) is 11.4 Å². The molecule has 0 radical (unpaired) electrons. The van der Waals surface area contributed by atoms with Gasteiger partial charge in [0.25, 0.3) is 0 Å². The molecule has 2 heterocycles. The van der Waals surface area contributed by atoms with Crippen LogP contribution < -0.4 is 10.6 Å². The number of nitrogens with zero attached hydrogens (tertiary/aromatic N) is 1. The third-order valence-electron chi connectivity index (χ3n) is 2.98. The van der Waals surface area contributed by atoms with Gasteiger partial charge in [-0.3, -0.25) is 0 Å². The van der Waals surface area contributed by atoms with Crippen molar-refractivity contribution in [2.24, 2.45) is 0 Å². The normalized spacial score (nSPS) is 13.7. The van der Waals surface area contributed by atoms with Crippen molar-refractivity contribution in [3.8, 4) is 0 Å². The predicted molar refractivity (Wildman–Crippen MR) is 80.2 cm³/mol. The van der Waals surface area contributed by atoms with Crippen LogP contribution in [0.3, 0.4) is 0 Å². The zero-order valence-corrected chi connectivity index (χ0v) is 12.9. The predicted octanol–water partition coefficient (Wildman–Crippen LogP) is 1.79. The van der Waals surface area contributed by atoms with E-state index in [1.54, 1.807) is 30.4 Å². The summed E-state index contributed by atoms with van der Waals surface area (Å²) in [5.74, 6) is 0.417. The molecule has 21 heavy (non-hydrogen) atoms. The molecule has 1 unspecified atom stereocenters. The number of amides is 2. The van der Waals surface area contributed by atoms with Crippen LogP contribution in [-0.4, -0.2) is 29.2 Å². The van der Waals surface area contributed by atoms with E-state index in [9.17, 15) is 9.90 Å². The summed E-state index contributed by atoms with van der Waals surface area (Å²) in [5, 5.41) is 18.5. The van der Waals surface area contributed by atoms with E-state index in [1.165, 1.54) is 6.26 Å². The molecule has 2 aromatic heterocycles. The van der Waals surface area contributed by atoms with Crippen LogP contribution in [0.2, 0.25) is 0 Å². The zero-order chi connectivity index (χ0) is 15.3. The molecule has 6 nitrogen and oxygen atoms in total. The van der Waals surface area contributed by atoms with Crippen molar-refractivity contribution in [2.45, 2.75) is 25.9 Å². The Morgan fingerprint density at radius 1 is 1.52 bits per heavy atom. The van der Waals surface area contributed by atoms with E-state index in [0.29, 0.717) is 18.7 Å². The van der Waals surface area contributed by atoms with Gasteiger partial charge in [0, 0.05) is 18.3 Å². The average molecular weight is 309 g/mol. The molecule has 2 rings (SSSR count). The summed E-state index contributed by atoms with van der Waals surface area (Å²) in [7, 11) is 0. The number of carbonyl (C=O) groups excluding carboxylic acids is 1. The summed E-state index contributed by atoms with van der Waals surface area (Å²) in [4.78, 5) is 16.0. The monoisotopic (exact) mass is 309 g/mol. The first-order valence-corrected chi connectivity index (χ1v) is 7.54. The van der Waals surface area contributed by atoms with Gasteiger partial charge < -0.3 is 20.2 Å². The van der Waals surface area contributed by atoms with Crippen molar-refractivity contribution in [1.29, 1.82) is 0 Å². The Morgan fingerprint density at radius 2 is 2.33 bits per heavy atom. The molecule has 0 aromatic carbocycles. The molecule has 0 aliphatic carbocycles. The number of aromatic nitrogens is 1. The molecule has 0 aliphatic rings. The summed E-state index contributed by atoms with van der Waals surface area (Å²) in [5.41, 5.74) is -0.257. The number of thiazole rings is 1. The summed E-state index contributed by atoms with van der Waals surface area (Å²) < 4.78 is 5.14. The standard InChI is InChI=1S/C14H19N3O3S/c1-10-17-11(8-21-10)5-6-15-13(18)16-9-14(2,19)12-4-3-7-20-12/h3-4,7-8,19H,5-6,9H2,1-2H3,(H2,15,16,18). The lowest BCUT2D eigenvalue weighted by molar-refractivity contribution is 0.0367. The number of furan rings is 1.